The maximum atomic E-state index is 11.8. The lowest BCUT2D eigenvalue weighted by molar-refractivity contribution is 0.0505. The summed E-state index contributed by atoms with van der Waals surface area (Å²) >= 11 is 0. The molecule has 2 unspecified atom stereocenters. The first-order valence-electron chi connectivity index (χ1n) is 8.73. The second-order valence-electron chi connectivity index (χ2n) is 7.94. The number of carbonyl (C=O) groups excluding carboxylic acids is 1. The second-order valence-corrected chi connectivity index (χ2v) is 7.94. The smallest absolute Gasteiger partial charge is 0.407 e. The summed E-state index contributed by atoms with van der Waals surface area (Å²) in [5.74, 6) is 0.696. The predicted octanol–water partition coefficient (Wildman–Crippen LogP) is 2.57. The number of nitrogens with one attached hydrogen (secondary N) is 2. The molecular formula is C17H32N2O3. The van der Waals surface area contributed by atoms with E-state index in [0.717, 1.165) is 51.5 Å². The fourth-order valence-electron chi connectivity index (χ4n) is 3.45. The van der Waals surface area contributed by atoms with E-state index in [1.807, 2.05) is 20.8 Å². The molecule has 2 rings (SSSR count). The average Bonchev–Trinajstić information content (AvgIpc) is 2.83. The number of alkyl carbamates (subject to hydrolysis) is 1. The number of aliphatic hydroxyl groups is 1. The SMILES string of the molecule is CC(C)(C)OC(=O)NC1CCC(NCC2CCC(O)CC2)C1. The molecule has 0 bridgehead atoms. The summed E-state index contributed by atoms with van der Waals surface area (Å²) in [4.78, 5) is 11.8. The van der Waals surface area contributed by atoms with Gasteiger partial charge in [0.05, 0.1) is 6.10 Å². The van der Waals surface area contributed by atoms with Crippen molar-refractivity contribution in [3.8, 4) is 0 Å². The van der Waals surface area contributed by atoms with Crippen LogP contribution in [0.4, 0.5) is 4.79 Å². The lowest BCUT2D eigenvalue weighted by Gasteiger charge is -2.27. The Kier molecular flexibility index (Phi) is 6.09. The molecule has 0 spiro atoms. The number of hydrogen-bond donors (Lipinski definition) is 3. The summed E-state index contributed by atoms with van der Waals surface area (Å²) in [7, 11) is 0. The van der Waals surface area contributed by atoms with Gasteiger partial charge in [-0.15, -0.1) is 0 Å². The summed E-state index contributed by atoms with van der Waals surface area (Å²) in [5, 5.41) is 16.2. The molecule has 0 aromatic rings. The van der Waals surface area contributed by atoms with Gasteiger partial charge in [-0.3, -0.25) is 0 Å². The van der Waals surface area contributed by atoms with Crippen molar-refractivity contribution in [1.29, 1.82) is 0 Å². The molecule has 0 heterocycles. The Morgan fingerprint density at radius 1 is 1.09 bits per heavy atom. The van der Waals surface area contributed by atoms with Crippen LogP contribution >= 0.6 is 0 Å². The van der Waals surface area contributed by atoms with E-state index in [4.69, 9.17) is 4.74 Å². The van der Waals surface area contributed by atoms with E-state index >= 15 is 0 Å². The van der Waals surface area contributed by atoms with Crippen LogP contribution in [0.5, 0.6) is 0 Å². The van der Waals surface area contributed by atoms with Crippen LogP contribution in [0, 0.1) is 5.92 Å². The molecule has 1 amide bonds. The molecule has 0 aliphatic heterocycles. The van der Waals surface area contributed by atoms with Crippen LogP contribution < -0.4 is 10.6 Å². The van der Waals surface area contributed by atoms with Crippen LogP contribution in [0.3, 0.4) is 0 Å². The Balaban J connectivity index is 1.62. The fourth-order valence-corrected chi connectivity index (χ4v) is 3.45. The summed E-state index contributed by atoms with van der Waals surface area (Å²) < 4.78 is 5.31. The normalized spacial score (nSPS) is 32.7. The van der Waals surface area contributed by atoms with E-state index in [0.29, 0.717) is 12.0 Å². The van der Waals surface area contributed by atoms with E-state index in [1.54, 1.807) is 0 Å². The monoisotopic (exact) mass is 312 g/mol. The van der Waals surface area contributed by atoms with Crippen molar-refractivity contribution >= 4 is 6.09 Å². The third-order valence-corrected chi connectivity index (χ3v) is 4.66. The quantitative estimate of drug-likeness (QED) is 0.746. The average molecular weight is 312 g/mol. The van der Waals surface area contributed by atoms with E-state index in [2.05, 4.69) is 10.6 Å². The van der Waals surface area contributed by atoms with Crippen LogP contribution in [0.2, 0.25) is 0 Å². The molecule has 2 fully saturated rings. The highest BCUT2D eigenvalue weighted by molar-refractivity contribution is 5.68. The van der Waals surface area contributed by atoms with E-state index < -0.39 is 5.60 Å². The number of amides is 1. The van der Waals surface area contributed by atoms with Crippen LogP contribution in [-0.4, -0.2) is 41.5 Å². The maximum Gasteiger partial charge on any atom is 0.407 e. The third kappa shape index (κ3) is 6.13. The van der Waals surface area contributed by atoms with Gasteiger partial charge in [0.1, 0.15) is 5.60 Å². The lowest BCUT2D eigenvalue weighted by Crippen LogP contribution is -2.39. The summed E-state index contributed by atoms with van der Waals surface area (Å²) in [6, 6.07) is 0.715. The van der Waals surface area contributed by atoms with Gasteiger partial charge >= 0.3 is 6.09 Å². The second kappa shape index (κ2) is 7.64. The van der Waals surface area contributed by atoms with Gasteiger partial charge in [0, 0.05) is 12.1 Å². The molecule has 2 aliphatic rings. The summed E-state index contributed by atoms with van der Waals surface area (Å²) in [6.07, 6.45) is 6.86. The Labute approximate surface area is 134 Å². The number of ether oxygens (including phenoxy) is 1. The summed E-state index contributed by atoms with van der Waals surface area (Å²) in [6.45, 7) is 6.68. The highest BCUT2D eigenvalue weighted by atomic mass is 16.6. The minimum atomic E-state index is -0.439. The Morgan fingerprint density at radius 2 is 1.73 bits per heavy atom. The molecular weight excluding hydrogens is 280 g/mol. The van der Waals surface area contributed by atoms with Crippen molar-refractivity contribution in [2.45, 2.75) is 89.5 Å². The zero-order valence-electron chi connectivity index (χ0n) is 14.2. The Morgan fingerprint density at radius 3 is 2.36 bits per heavy atom. The van der Waals surface area contributed by atoms with Gasteiger partial charge in [-0.1, -0.05) is 0 Å². The van der Waals surface area contributed by atoms with E-state index in [-0.39, 0.29) is 18.2 Å². The van der Waals surface area contributed by atoms with Crippen LogP contribution in [0.1, 0.15) is 65.7 Å². The van der Waals surface area contributed by atoms with Crippen LogP contribution in [0.15, 0.2) is 0 Å². The molecule has 0 aromatic heterocycles. The molecule has 5 heteroatoms. The lowest BCUT2D eigenvalue weighted by atomic mass is 9.87. The van der Waals surface area contributed by atoms with Crippen molar-refractivity contribution in [2.24, 2.45) is 5.92 Å². The van der Waals surface area contributed by atoms with Gasteiger partial charge in [-0.05, 0) is 78.2 Å². The zero-order chi connectivity index (χ0) is 16.2. The fraction of sp³-hybridized carbons (Fsp3) is 0.941. The number of rotatable bonds is 4. The summed E-state index contributed by atoms with van der Waals surface area (Å²) in [5.41, 5.74) is -0.439. The molecule has 2 saturated carbocycles. The molecule has 3 N–H and O–H groups in total. The first kappa shape index (κ1) is 17.5. The molecule has 0 aromatic carbocycles. The van der Waals surface area contributed by atoms with Crippen molar-refractivity contribution < 1.29 is 14.6 Å². The number of hydrogen-bond acceptors (Lipinski definition) is 4. The van der Waals surface area contributed by atoms with Crippen molar-refractivity contribution in [3.63, 3.8) is 0 Å². The van der Waals surface area contributed by atoms with Gasteiger partial charge in [0.25, 0.3) is 0 Å². The van der Waals surface area contributed by atoms with Gasteiger partial charge in [-0.25, -0.2) is 4.79 Å². The van der Waals surface area contributed by atoms with E-state index in [1.165, 1.54) is 0 Å². The maximum absolute atomic E-state index is 11.8. The molecule has 0 radical (unpaired) electrons. The van der Waals surface area contributed by atoms with Crippen molar-refractivity contribution in [3.05, 3.63) is 0 Å². The first-order valence-corrected chi connectivity index (χ1v) is 8.73. The molecule has 5 nitrogen and oxygen atoms in total. The molecule has 2 aliphatic carbocycles. The minimum absolute atomic E-state index is 0.0786. The molecule has 2 atom stereocenters. The number of aliphatic hydroxyl groups excluding tert-OH is 1. The molecule has 128 valence electrons. The Hall–Kier alpha value is -0.810. The highest BCUT2D eigenvalue weighted by Gasteiger charge is 2.28. The Bertz CT molecular complexity index is 359. The van der Waals surface area contributed by atoms with Crippen LogP contribution in [0.25, 0.3) is 0 Å². The highest BCUT2D eigenvalue weighted by Crippen LogP contribution is 2.25. The predicted molar refractivity (Wildman–Crippen MR) is 86.8 cm³/mol. The van der Waals surface area contributed by atoms with Crippen molar-refractivity contribution in [1.82, 2.24) is 10.6 Å². The number of carbonyl (C=O) groups is 1. The van der Waals surface area contributed by atoms with Crippen molar-refractivity contribution in [2.75, 3.05) is 6.54 Å². The first-order chi connectivity index (χ1) is 10.3. The minimum Gasteiger partial charge on any atom is -0.444 e. The third-order valence-electron chi connectivity index (χ3n) is 4.66. The van der Waals surface area contributed by atoms with Gasteiger partial charge < -0.3 is 20.5 Å². The van der Waals surface area contributed by atoms with E-state index in [9.17, 15) is 9.90 Å². The molecule has 22 heavy (non-hydrogen) atoms. The topological polar surface area (TPSA) is 70.6 Å². The largest absolute Gasteiger partial charge is 0.444 e. The van der Waals surface area contributed by atoms with Gasteiger partial charge in [-0.2, -0.15) is 0 Å². The van der Waals surface area contributed by atoms with Gasteiger partial charge in [0.2, 0.25) is 0 Å². The van der Waals surface area contributed by atoms with Gasteiger partial charge in [0.15, 0.2) is 0 Å². The van der Waals surface area contributed by atoms with Crippen LogP contribution in [-0.2, 0) is 4.74 Å². The zero-order valence-corrected chi connectivity index (χ0v) is 14.2. The molecule has 0 saturated heterocycles. The standard InChI is InChI=1S/C17H32N2O3/c1-17(2,3)22-16(21)19-14-7-6-13(10-14)18-11-12-4-8-15(20)9-5-12/h12-15,18,20H,4-11H2,1-3H3,(H,19,21).